The first-order valence-corrected chi connectivity index (χ1v) is 5.91. The van der Waals surface area contributed by atoms with E-state index >= 15 is 0 Å². The van der Waals surface area contributed by atoms with E-state index in [1.807, 2.05) is 17.7 Å². The Morgan fingerprint density at radius 3 is 3.00 bits per heavy atom. The van der Waals surface area contributed by atoms with Gasteiger partial charge < -0.3 is 9.67 Å². The number of aryl methyl sites for hydroxylation is 1. The Hall–Kier alpha value is -1.82. The molecule has 5 nitrogen and oxygen atoms in total. The van der Waals surface area contributed by atoms with Gasteiger partial charge in [-0.05, 0) is 30.8 Å². The highest BCUT2D eigenvalue weighted by Crippen LogP contribution is 2.27. The maximum Gasteiger partial charge on any atom is 0.338 e. The van der Waals surface area contributed by atoms with Crippen LogP contribution in [0, 0.1) is 0 Å². The Kier molecular flexibility index (Phi) is 3.43. The molecule has 0 aromatic carbocycles. The normalized spacial score (nSPS) is 10.4. The van der Waals surface area contributed by atoms with Gasteiger partial charge >= 0.3 is 5.97 Å². The van der Waals surface area contributed by atoms with Crippen LogP contribution in [0.15, 0.2) is 40.9 Å². The zero-order chi connectivity index (χ0) is 12.3. The minimum absolute atomic E-state index is 0.197. The molecule has 2 heterocycles. The Labute approximate surface area is 103 Å². The fourth-order valence-electron chi connectivity index (χ4n) is 1.36. The lowest BCUT2D eigenvalue weighted by Gasteiger charge is -2.05. The number of hydrogen-bond donors (Lipinski definition) is 1. The molecule has 6 heteroatoms. The lowest BCUT2D eigenvalue weighted by molar-refractivity contribution is 0.0692. The van der Waals surface area contributed by atoms with Crippen molar-refractivity contribution in [2.75, 3.05) is 0 Å². The van der Waals surface area contributed by atoms with Crippen molar-refractivity contribution in [2.45, 2.75) is 23.7 Å². The first kappa shape index (κ1) is 11.7. The second-order valence-electron chi connectivity index (χ2n) is 3.26. The SMILES string of the molecule is CCn1ccnc1Sc1ncccc1C(=O)O. The van der Waals surface area contributed by atoms with Crippen LogP contribution in [0.5, 0.6) is 0 Å². The number of carboxylic acid groups (broad SMARTS) is 1. The van der Waals surface area contributed by atoms with E-state index in [0.29, 0.717) is 5.03 Å². The summed E-state index contributed by atoms with van der Waals surface area (Å²) in [5.41, 5.74) is 0.197. The lowest BCUT2D eigenvalue weighted by Crippen LogP contribution is -2.01. The predicted octanol–water partition coefficient (Wildman–Crippen LogP) is 2.15. The highest BCUT2D eigenvalue weighted by Gasteiger charge is 2.13. The molecule has 1 N–H and O–H groups in total. The topological polar surface area (TPSA) is 68.0 Å². The molecule has 0 radical (unpaired) electrons. The van der Waals surface area contributed by atoms with Crippen LogP contribution < -0.4 is 0 Å². The Morgan fingerprint density at radius 2 is 2.29 bits per heavy atom. The van der Waals surface area contributed by atoms with E-state index < -0.39 is 5.97 Å². The minimum atomic E-state index is -0.977. The maximum absolute atomic E-state index is 11.0. The third-order valence-corrected chi connectivity index (χ3v) is 3.25. The van der Waals surface area contributed by atoms with Crippen LogP contribution in [-0.4, -0.2) is 25.6 Å². The molecule has 0 unspecified atom stereocenters. The number of imidazole rings is 1. The molecule has 0 fully saturated rings. The van der Waals surface area contributed by atoms with Gasteiger partial charge in [-0.2, -0.15) is 0 Å². The molecule has 0 bridgehead atoms. The molecular formula is C11H11N3O2S. The van der Waals surface area contributed by atoms with Crippen molar-refractivity contribution in [3.8, 4) is 0 Å². The summed E-state index contributed by atoms with van der Waals surface area (Å²) in [6.07, 6.45) is 5.12. The number of carboxylic acids is 1. The molecule has 0 aliphatic heterocycles. The number of rotatable bonds is 4. The van der Waals surface area contributed by atoms with E-state index in [-0.39, 0.29) is 5.56 Å². The van der Waals surface area contributed by atoms with Crippen LogP contribution >= 0.6 is 11.8 Å². The number of pyridine rings is 1. The number of nitrogens with zero attached hydrogens (tertiary/aromatic N) is 3. The van der Waals surface area contributed by atoms with E-state index in [9.17, 15) is 4.79 Å². The molecule has 0 atom stereocenters. The van der Waals surface area contributed by atoms with Crippen molar-refractivity contribution in [2.24, 2.45) is 0 Å². The van der Waals surface area contributed by atoms with E-state index in [1.165, 1.54) is 17.8 Å². The first-order valence-electron chi connectivity index (χ1n) is 5.09. The van der Waals surface area contributed by atoms with Crippen LogP contribution in [-0.2, 0) is 6.54 Å². The molecule has 0 spiro atoms. The van der Waals surface area contributed by atoms with Gasteiger partial charge in [-0.1, -0.05) is 0 Å². The molecule has 0 saturated heterocycles. The molecule has 0 saturated carbocycles. The standard InChI is InChI=1S/C11H11N3O2S/c1-2-14-7-6-13-11(14)17-9-8(10(15)16)4-3-5-12-9/h3-7H,2H2,1H3,(H,15,16). The summed E-state index contributed by atoms with van der Waals surface area (Å²) in [7, 11) is 0. The highest BCUT2D eigenvalue weighted by molar-refractivity contribution is 7.99. The van der Waals surface area contributed by atoms with Gasteiger partial charge in [0.25, 0.3) is 0 Å². The molecule has 2 rings (SSSR count). The molecule has 88 valence electrons. The van der Waals surface area contributed by atoms with Gasteiger partial charge in [-0.3, -0.25) is 0 Å². The van der Waals surface area contributed by atoms with Gasteiger partial charge in [-0.15, -0.1) is 0 Å². The summed E-state index contributed by atoms with van der Waals surface area (Å²) in [5, 5.41) is 10.2. The van der Waals surface area contributed by atoms with Crippen molar-refractivity contribution in [3.05, 3.63) is 36.3 Å². The fraction of sp³-hybridized carbons (Fsp3) is 0.182. The monoisotopic (exact) mass is 249 g/mol. The van der Waals surface area contributed by atoms with Gasteiger partial charge in [0.15, 0.2) is 5.16 Å². The number of hydrogen-bond acceptors (Lipinski definition) is 4. The van der Waals surface area contributed by atoms with Crippen molar-refractivity contribution in [1.29, 1.82) is 0 Å². The largest absolute Gasteiger partial charge is 0.478 e. The van der Waals surface area contributed by atoms with Crippen LogP contribution in [0.25, 0.3) is 0 Å². The zero-order valence-corrected chi connectivity index (χ0v) is 10.0. The average molecular weight is 249 g/mol. The third kappa shape index (κ3) is 2.47. The molecule has 0 aliphatic carbocycles. The van der Waals surface area contributed by atoms with Gasteiger partial charge in [-0.25, -0.2) is 14.8 Å². The van der Waals surface area contributed by atoms with Crippen LogP contribution in [0.3, 0.4) is 0 Å². The molecule has 2 aromatic rings. The highest BCUT2D eigenvalue weighted by atomic mass is 32.2. The van der Waals surface area contributed by atoms with Gasteiger partial charge in [0.2, 0.25) is 0 Å². The summed E-state index contributed by atoms with van der Waals surface area (Å²) in [5.74, 6) is -0.977. The Bertz CT molecular complexity index is 539. The third-order valence-electron chi connectivity index (χ3n) is 2.21. The summed E-state index contributed by atoms with van der Waals surface area (Å²) in [6.45, 7) is 2.79. The molecule has 0 aliphatic rings. The quantitative estimate of drug-likeness (QED) is 0.899. The van der Waals surface area contributed by atoms with E-state index in [4.69, 9.17) is 5.11 Å². The summed E-state index contributed by atoms with van der Waals surface area (Å²) < 4.78 is 1.94. The van der Waals surface area contributed by atoms with Gasteiger partial charge in [0.05, 0.1) is 5.56 Å². The molecular weight excluding hydrogens is 238 g/mol. The van der Waals surface area contributed by atoms with E-state index in [1.54, 1.807) is 18.5 Å². The second-order valence-corrected chi connectivity index (χ2v) is 4.22. The molecule has 0 amide bonds. The zero-order valence-electron chi connectivity index (χ0n) is 9.20. The maximum atomic E-state index is 11.0. The average Bonchev–Trinajstić information content (AvgIpc) is 2.77. The van der Waals surface area contributed by atoms with Crippen LogP contribution in [0.1, 0.15) is 17.3 Å². The first-order chi connectivity index (χ1) is 8.22. The van der Waals surface area contributed by atoms with Crippen molar-refractivity contribution in [3.63, 3.8) is 0 Å². The Morgan fingerprint density at radius 1 is 1.47 bits per heavy atom. The van der Waals surface area contributed by atoms with E-state index in [2.05, 4.69) is 9.97 Å². The number of aromatic carboxylic acids is 1. The molecule has 17 heavy (non-hydrogen) atoms. The van der Waals surface area contributed by atoms with Gasteiger partial charge in [0, 0.05) is 25.1 Å². The lowest BCUT2D eigenvalue weighted by atomic mass is 10.3. The van der Waals surface area contributed by atoms with Gasteiger partial charge in [0.1, 0.15) is 5.03 Å². The predicted molar refractivity (Wildman–Crippen MR) is 63.2 cm³/mol. The smallest absolute Gasteiger partial charge is 0.338 e. The number of carbonyl (C=O) groups is 1. The van der Waals surface area contributed by atoms with Crippen molar-refractivity contribution >= 4 is 17.7 Å². The fourth-order valence-corrected chi connectivity index (χ4v) is 2.34. The van der Waals surface area contributed by atoms with Crippen molar-refractivity contribution < 1.29 is 9.90 Å². The number of aromatic nitrogens is 3. The summed E-state index contributed by atoms with van der Waals surface area (Å²) in [6, 6.07) is 3.15. The van der Waals surface area contributed by atoms with Crippen LogP contribution in [0.2, 0.25) is 0 Å². The Balaban J connectivity index is 2.33. The minimum Gasteiger partial charge on any atom is -0.478 e. The van der Waals surface area contributed by atoms with E-state index in [0.717, 1.165) is 11.7 Å². The van der Waals surface area contributed by atoms with Crippen molar-refractivity contribution in [1.82, 2.24) is 14.5 Å². The molecule has 2 aromatic heterocycles. The summed E-state index contributed by atoms with van der Waals surface area (Å²) >= 11 is 1.26. The second kappa shape index (κ2) is 5.01. The van der Waals surface area contributed by atoms with Crippen LogP contribution in [0.4, 0.5) is 0 Å². The summed E-state index contributed by atoms with van der Waals surface area (Å²) in [4.78, 5) is 19.3.